The summed E-state index contributed by atoms with van der Waals surface area (Å²) in [5, 5.41) is 2.08. The van der Waals surface area contributed by atoms with Gasteiger partial charge in [-0.3, -0.25) is 0 Å². The van der Waals surface area contributed by atoms with Crippen LogP contribution in [0.1, 0.15) is 13.3 Å². The highest BCUT2D eigenvalue weighted by Crippen LogP contribution is 2.11. The van der Waals surface area contributed by atoms with Crippen LogP contribution < -0.4 is 9.44 Å². The Morgan fingerprint density at radius 2 is 2.38 bits per heavy atom. The number of rotatable bonds is 5. The monoisotopic (exact) mass is 221 g/mol. The van der Waals surface area contributed by atoms with E-state index < -0.39 is 10.2 Å². The van der Waals surface area contributed by atoms with Gasteiger partial charge in [-0.2, -0.15) is 13.1 Å². The Hall–Kier alpha value is -0.660. The van der Waals surface area contributed by atoms with E-state index in [0.717, 1.165) is 6.42 Å². The van der Waals surface area contributed by atoms with E-state index in [1.807, 2.05) is 6.92 Å². The third-order valence-corrected chi connectivity index (χ3v) is 3.06. The number of hydrogen-bond acceptors (Lipinski definition) is 4. The Morgan fingerprint density at radius 3 is 2.92 bits per heavy atom. The van der Waals surface area contributed by atoms with E-state index in [-0.39, 0.29) is 0 Å². The standard InChI is InChI=1S/C6H11N3O2S2/c1-2-3-8-13(10,11)9-6-7-4-5-12-6/h4-5,8H,2-3H2,1H3,(H,7,9). The van der Waals surface area contributed by atoms with Gasteiger partial charge in [0, 0.05) is 18.1 Å². The quantitative estimate of drug-likeness (QED) is 0.772. The molecule has 0 saturated heterocycles. The number of hydrogen-bond donors (Lipinski definition) is 2. The van der Waals surface area contributed by atoms with Crippen molar-refractivity contribution in [3.8, 4) is 0 Å². The van der Waals surface area contributed by atoms with Gasteiger partial charge in [-0.1, -0.05) is 6.92 Å². The van der Waals surface area contributed by atoms with Gasteiger partial charge in [0.25, 0.3) is 0 Å². The Morgan fingerprint density at radius 1 is 1.62 bits per heavy atom. The number of nitrogens with zero attached hydrogens (tertiary/aromatic N) is 1. The van der Waals surface area contributed by atoms with E-state index in [0.29, 0.717) is 11.7 Å². The fourth-order valence-corrected chi connectivity index (χ4v) is 2.38. The molecule has 1 aromatic rings. The maximum absolute atomic E-state index is 11.2. The van der Waals surface area contributed by atoms with Crippen molar-refractivity contribution in [1.82, 2.24) is 9.71 Å². The van der Waals surface area contributed by atoms with Crippen LogP contribution in [0.5, 0.6) is 0 Å². The number of anilines is 1. The van der Waals surface area contributed by atoms with Gasteiger partial charge in [0.2, 0.25) is 0 Å². The summed E-state index contributed by atoms with van der Waals surface area (Å²) < 4.78 is 27.1. The van der Waals surface area contributed by atoms with E-state index in [1.54, 1.807) is 11.6 Å². The average Bonchev–Trinajstić information content (AvgIpc) is 2.52. The largest absolute Gasteiger partial charge is 0.300 e. The second kappa shape index (κ2) is 4.54. The fraction of sp³-hybridized carbons (Fsp3) is 0.500. The van der Waals surface area contributed by atoms with Crippen LogP contribution in [-0.4, -0.2) is 19.9 Å². The zero-order valence-corrected chi connectivity index (χ0v) is 8.78. The Kier molecular flexibility index (Phi) is 3.64. The third-order valence-electron chi connectivity index (χ3n) is 1.20. The lowest BCUT2D eigenvalue weighted by molar-refractivity contribution is 0.586. The predicted octanol–water partition coefficient (Wildman–Crippen LogP) is 0.799. The van der Waals surface area contributed by atoms with Gasteiger partial charge in [0.15, 0.2) is 5.13 Å². The third kappa shape index (κ3) is 3.71. The lowest BCUT2D eigenvalue weighted by Crippen LogP contribution is -2.30. The van der Waals surface area contributed by atoms with E-state index in [2.05, 4.69) is 14.4 Å². The molecule has 0 saturated carbocycles. The zero-order valence-electron chi connectivity index (χ0n) is 7.15. The van der Waals surface area contributed by atoms with Crippen LogP contribution in [0.4, 0.5) is 5.13 Å². The average molecular weight is 221 g/mol. The summed E-state index contributed by atoms with van der Waals surface area (Å²) in [4.78, 5) is 3.80. The molecule has 1 heterocycles. The van der Waals surface area contributed by atoms with Crippen molar-refractivity contribution in [3.05, 3.63) is 11.6 Å². The minimum absolute atomic E-state index is 0.378. The van der Waals surface area contributed by atoms with Crippen LogP contribution >= 0.6 is 11.3 Å². The first-order valence-corrected chi connectivity index (χ1v) is 6.17. The van der Waals surface area contributed by atoms with Crippen molar-refractivity contribution in [1.29, 1.82) is 0 Å². The van der Waals surface area contributed by atoms with Gasteiger partial charge in [-0.25, -0.2) is 9.71 Å². The van der Waals surface area contributed by atoms with Crippen LogP contribution in [0, 0.1) is 0 Å². The molecule has 0 aliphatic rings. The minimum atomic E-state index is -3.42. The molecule has 1 aromatic heterocycles. The molecular formula is C6H11N3O2S2. The molecule has 5 nitrogen and oxygen atoms in total. The molecule has 0 radical (unpaired) electrons. The first-order valence-electron chi connectivity index (χ1n) is 3.81. The van der Waals surface area contributed by atoms with Crippen molar-refractivity contribution in [2.24, 2.45) is 0 Å². The molecule has 2 N–H and O–H groups in total. The molecule has 13 heavy (non-hydrogen) atoms. The molecule has 0 aromatic carbocycles. The van der Waals surface area contributed by atoms with Crippen molar-refractivity contribution >= 4 is 26.7 Å². The topological polar surface area (TPSA) is 71.1 Å². The van der Waals surface area contributed by atoms with Crippen LogP contribution in [-0.2, 0) is 10.2 Å². The van der Waals surface area contributed by atoms with Gasteiger partial charge in [-0.05, 0) is 6.42 Å². The molecule has 74 valence electrons. The van der Waals surface area contributed by atoms with E-state index in [4.69, 9.17) is 0 Å². The van der Waals surface area contributed by atoms with Crippen LogP contribution in [0.2, 0.25) is 0 Å². The van der Waals surface area contributed by atoms with Crippen molar-refractivity contribution in [2.45, 2.75) is 13.3 Å². The normalized spacial score (nSPS) is 11.5. The van der Waals surface area contributed by atoms with Crippen LogP contribution in [0.3, 0.4) is 0 Å². The summed E-state index contributed by atoms with van der Waals surface area (Å²) in [5.41, 5.74) is 0. The Labute approximate surface area is 81.4 Å². The highest BCUT2D eigenvalue weighted by atomic mass is 32.2. The second-order valence-corrected chi connectivity index (χ2v) is 4.73. The second-order valence-electron chi connectivity index (χ2n) is 2.34. The summed E-state index contributed by atoms with van der Waals surface area (Å²) >= 11 is 1.24. The molecule has 1 rings (SSSR count). The SMILES string of the molecule is CCCNS(=O)(=O)Nc1nccs1. The van der Waals surface area contributed by atoms with Crippen molar-refractivity contribution in [3.63, 3.8) is 0 Å². The number of thiazole rings is 1. The number of aromatic nitrogens is 1. The summed E-state index contributed by atoms with van der Waals surface area (Å²) in [6.45, 7) is 2.33. The first kappa shape index (κ1) is 10.4. The lowest BCUT2D eigenvalue weighted by Gasteiger charge is -2.04. The van der Waals surface area contributed by atoms with E-state index in [1.165, 1.54) is 11.3 Å². The van der Waals surface area contributed by atoms with Gasteiger partial charge in [0.05, 0.1) is 0 Å². The fourth-order valence-electron chi connectivity index (χ4n) is 0.661. The molecule has 7 heteroatoms. The van der Waals surface area contributed by atoms with E-state index >= 15 is 0 Å². The number of nitrogens with one attached hydrogen (secondary N) is 2. The minimum Gasteiger partial charge on any atom is -0.246 e. The molecule has 0 aliphatic heterocycles. The van der Waals surface area contributed by atoms with Gasteiger partial charge in [-0.15, -0.1) is 11.3 Å². The van der Waals surface area contributed by atoms with Gasteiger partial charge < -0.3 is 0 Å². The highest BCUT2D eigenvalue weighted by Gasteiger charge is 2.08. The highest BCUT2D eigenvalue weighted by molar-refractivity contribution is 7.91. The van der Waals surface area contributed by atoms with E-state index in [9.17, 15) is 8.42 Å². The molecule has 0 amide bonds. The van der Waals surface area contributed by atoms with Crippen molar-refractivity contribution < 1.29 is 8.42 Å². The molecule has 0 atom stereocenters. The molecule has 0 bridgehead atoms. The van der Waals surface area contributed by atoms with Gasteiger partial charge in [0.1, 0.15) is 0 Å². The lowest BCUT2D eigenvalue weighted by atomic mass is 10.5. The maximum atomic E-state index is 11.2. The summed E-state index contributed by atoms with van der Waals surface area (Å²) in [6.07, 6.45) is 2.31. The molecule has 0 aliphatic carbocycles. The zero-order chi connectivity index (χ0) is 9.73. The molecule has 0 unspecified atom stereocenters. The predicted molar refractivity (Wildman–Crippen MR) is 53.0 cm³/mol. The smallest absolute Gasteiger partial charge is 0.246 e. The van der Waals surface area contributed by atoms with Crippen molar-refractivity contribution in [2.75, 3.05) is 11.3 Å². The Bertz CT molecular complexity index is 333. The molecular weight excluding hydrogens is 210 g/mol. The summed E-state index contributed by atoms with van der Waals surface area (Å²) in [7, 11) is -3.42. The van der Waals surface area contributed by atoms with Crippen LogP contribution in [0.25, 0.3) is 0 Å². The summed E-state index contributed by atoms with van der Waals surface area (Å²) in [6, 6.07) is 0. The molecule has 0 spiro atoms. The van der Waals surface area contributed by atoms with Gasteiger partial charge >= 0.3 is 10.2 Å². The molecule has 0 fully saturated rings. The van der Waals surface area contributed by atoms with Crippen LogP contribution in [0.15, 0.2) is 11.6 Å². The summed E-state index contributed by atoms with van der Waals surface area (Å²) in [5.74, 6) is 0. The first-order chi connectivity index (χ1) is 6.14. The Balaban J connectivity index is 2.53. The maximum Gasteiger partial charge on any atom is 0.300 e.